The second-order valence-corrected chi connectivity index (χ2v) is 8.41. The van der Waals surface area contributed by atoms with E-state index in [0.29, 0.717) is 5.69 Å². The van der Waals surface area contributed by atoms with Gasteiger partial charge in [0.25, 0.3) is 5.91 Å². The van der Waals surface area contributed by atoms with Crippen molar-refractivity contribution in [1.82, 2.24) is 0 Å². The van der Waals surface area contributed by atoms with Gasteiger partial charge in [-0.05, 0) is 24.4 Å². The molecule has 2 saturated heterocycles. The number of benzene rings is 3. The lowest BCUT2D eigenvalue weighted by molar-refractivity contribution is -0.730. The van der Waals surface area contributed by atoms with Gasteiger partial charge in [0.1, 0.15) is 11.8 Å². The molecule has 3 aliphatic heterocycles. The van der Waals surface area contributed by atoms with E-state index in [4.69, 9.17) is 0 Å². The van der Waals surface area contributed by atoms with Crippen LogP contribution < -0.4 is 15.5 Å². The standard InChI is InChI=1S/C24H19N3O3/c1-13-19-20(24(26-13)16-10-4-5-11-17(16)25-23(24)30)22(29)27(21(19)28)18-12-6-8-14-7-2-3-9-15(14)18/h2-13,19-20,26H,1H3,(H,25,30)/p+1/t13-,19-,20+,24+/m1/s1. The number of carbonyl (C=O) groups excluding carboxylic acids is 3. The first kappa shape index (κ1) is 17.4. The summed E-state index contributed by atoms with van der Waals surface area (Å²) < 4.78 is 0. The molecule has 6 nitrogen and oxygen atoms in total. The summed E-state index contributed by atoms with van der Waals surface area (Å²) in [6.45, 7) is 1.93. The van der Waals surface area contributed by atoms with Crippen LogP contribution in [0.15, 0.2) is 66.7 Å². The molecule has 3 N–H and O–H groups in total. The molecular weight excluding hydrogens is 378 g/mol. The average Bonchev–Trinajstić information content (AvgIpc) is 3.32. The molecular formula is C24H20N3O3+. The van der Waals surface area contributed by atoms with Crippen LogP contribution >= 0.6 is 0 Å². The number of imide groups is 1. The minimum Gasteiger partial charge on any atom is -0.326 e. The predicted octanol–water partition coefficient (Wildman–Crippen LogP) is 1.76. The third-order valence-corrected chi connectivity index (χ3v) is 6.94. The van der Waals surface area contributed by atoms with Crippen molar-refractivity contribution in [1.29, 1.82) is 0 Å². The van der Waals surface area contributed by atoms with E-state index in [9.17, 15) is 14.4 Å². The number of hydrogen-bond acceptors (Lipinski definition) is 3. The van der Waals surface area contributed by atoms with Gasteiger partial charge >= 0.3 is 0 Å². The Labute approximate surface area is 172 Å². The molecule has 0 bridgehead atoms. The molecule has 0 saturated carbocycles. The Kier molecular flexibility index (Phi) is 3.34. The number of para-hydroxylation sites is 1. The molecule has 1 spiro atoms. The van der Waals surface area contributed by atoms with Crippen molar-refractivity contribution in [2.75, 3.05) is 10.2 Å². The number of nitrogens with one attached hydrogen (secondary N) is 1. The number of fused-ring (bicyclic) bond motifs is 5. The molecule has 3 aromatic carbocycles. The predicted molar refractivity (Wildman–Crippen MR) is 112 cm³/mol. The summed E-state index contributed by atoms with van der Waals surface area (Å²) in [5.74, 6) is -2.02. The number of carbonyl (C=O) groups is 3. The fraction of sp³-hybridized carbons (Fsp3) is 0.208. The summed E-state index contributed by atoms with van der Waals surface area (Å²) in [4.78, 5) is 41.9. The van der Waals surface area contributed by atoms with E-state index in [1.54, 1.807) is 0 Å². The summed E-state index contributed by atoms with van der Waals surface area (Å²) in [7, 11) is 0. The van der Waals surface area contributed by atoms with Crippen LogP contribution in [0.25, 0.3) is 10.8 Å². The second kappa shape index (κ2) is 5.77. The molecule has 2 fully saturated rings. The summed E-state index contributed by atoms with van der Waals surface area (Å²) in [5, 5.41) is 6.66. The molecule has 0 radical (unpaired) electrons. The maximum Gasteiger partial charge on any atom is 0.291 e. The molecule has 3 aliphatic rings. The van der Waals surface area contributed by atoms with Gasteiger partial charge in [-0.3, -0.25) is 14.4 Å². The topological polar surface area (TPSA) is 83.1 Å². The fourth-order valence-electron chi connectivity index (χ4n) is 5.74. The number of anilines is 2. The Morgan fingerprint density at radius 2 is 1.63 bits per heavy atom. The molecule has 0 aliphatic carbocycles. The molecule has 3 aromatic rings. The normalized spacial score (nSPS) is 29.6. The highest BCUT2D eigenvalue weighted by Crippen LogP contribution is 2.50. The van der Waals surface area contributed by atoms with Gasteiger partial charge < -0.3 is 10.6 Å². The summed E-state index contributed by atoms with van der Waals surface area (Å²) in [6.07, 6.45) is 0. The van der Waals surface area contributed by atoms with Crippen LogP contribution in [-0.2, 0) is 19.9 Å². The van der Waals surface area contributed by atoms with Gasteiger partial charge in [-0.25, -0.2) is 4.90 Å². The number of nitrogens with zero attached hydrogens (tertiary/aromatic N) is 1. The van der Waals surface area contributed by atoms with Crippen LogP contribution in [0.2, 0.25) is 0 Å². The summed E-state index contributed by atoms with van der Waals surface area (Å²) in [5.41, 5.74) is 0.990. The van der Waals surface area contributed by atoms with Gasteiger partial charge in [0.05, 0.1) is 17.4 Å². The Bertz CT molecular complexity index is 1260. The van der Waals surface area contributed by atoms with Crippen LogP contribution in [0, 0.1) is 11.8 Å². The molecule has 3 amide bonds. The zero-order valence-electron chi connectivity index (χ0n) is 16.3. The Balaban J connectivity index is 1.54. The van der Waals surface area contributed by atoms with Crippen molar-refractivity contribution in [3.8, 4) is 0 Å². The van der Waals surface area contributed by atoms with E-state index < -0.39 is 17.4 Å². The van der Waals surface area contributed by atoms with E-state index in [-0.39, 0.29) is 23.8 Å². The van der Waals surface area contributed by atoms with Crippen molar-refractivity contribution < 1.29 is 19.7 Å². The first-order valence-corrected chi connectivity index (χ1v) is 10.2. The van der Waals surface area contributed by atoms with E-state index >= 15 is 0 Å². The van der Waals surface area contributed by atoms with E-state index in [1.165, 1.54) is 4.90 Å². The molecule has 3 heterocycles. The van der Waals surface area contributed by atoms with E-state index in [2.05, 4.69) is 5.32 Å². The molecule has 30 heavy (non-hydrogen) atoms. The SMILES string of the molecule is C[C@H]1[NH2+][C@]2(C(=O)Nc3ccccc32)[C@@H]2C(=O)N(c3cccc4ccccc34)C(=O)[C@@H]21. The highest BCUT2D eigenvalue weighted by Gasteiger charge is 2.73. The van der Waals surface area contributed by atoms with E-state index in [0.717, 1.165) is 22.0 Å². The minimum absolute atomic E-state index is 0.191. The smallest absolute Gasteiger partial charge is 0.291 e. The minimum atomic E-state index is -1.10. The van der Waals surface area contributed by atoms with Crippen molar-refractivity contribution >= 4 is 39.9 Å². The summed E-state index contributed by atoms with van der Waals surface area (Å²) >= 11 is 0. The van der Waals surface area contributed by atoms with Gasteiger partial charge in [-0.1, -0.05) is 54.6 Å². The van der Waals surface area contributed by atoms with Crippen LogP contribution in [0.1, 0.15) is 12.5 Å². The molecule has 0 aromatic heterocycles. The molecule has 6 rings (SSSR count). The number of quaternary nitrogens is 1. The van der Waals surface area contributed by atoms with E-state index in [1.807, 2.05) is 79.0 Å². The monoisotopic (exact) mass is 398 g/mol. The van der Waals surface area contributed by atoms with Crippen LogP contribution in [-0.4, -0.2) is 23.8 Å². The quantitative estimate of drug-likeness (QED) is 0.613. The van der Waals surface area contributed by atoms with Crippen molar-refractivity contribution in [3.05, 3.63) is 72.3 Å². The number of hydrogen-bond donors (Lipinski definition) is 2. The molecule has 4 atom stereocenters. The molecule has 148 valence electrons. The Morgan fingerprint density at radius 1 is 0.900 bits per heavy atom. The Morgan fingerprint density at radius 3 is 2.50 bits per heavy atom. The second-order valence-electron chi connectivity index (χ2n) is 8.41. The average molecular weight is 398 g/mol. The lowest BCUT2D eigenvalue weighted by Crippen LogP contribution is -2.98. The third kappa shape index (κ3) is 1.94. The van der Waals surface area contributed by atoms with Crippen molar-refractivity contribution in [3.63, 3.8) is 0 Å². The lowest BCUT2D eigenvalue weighted by Gasteiger charge is -2.26. The van der Waals surface area contributed by atoms with Crippen LogP contribution in [0.5, 0.6) is 0 Å². The zero-order valence-corrected chi connectivity index (χ0v) is 16.3. The summed E-state index contributed by atoms with van der Waals surface area (Å²) in [6, 6.07) is 20.6. The Hall–Kier alpha value is -3.51. The number of amides is 3. The maximum absolute atomic E-state index is 13.8. The van der Waals surface area contributed by atoms with Crippen LogP contribution in [0.4, 0.5) is 11.4 Å². The highest BCUT2D eigenvalue weighted by atomic mass is 16.2. The maximum atomic E-state index is 13.8. The first-order valence-electron chi connectivity index (χ1n) is 10.2. The van der Waals surface area contributed by atoms with Crippen molar-refractivity contribution in [2.24, 2.45) is 11.8 Å². The third-order valence-electron chi connectivity index (χ3n) is 6.94. The largest absolute Gasteiger partial charge is 0.326 e. The molecule has 0 unspecified atom stereocenters. The first-order chi connectivity index (χ1) is 14.5. The van der Waals surface area contributed by atoms with Gasteiger partial charge in [0.2, 0.25) is 17.4 Å². The molecule has 6 heteroatoms. The van der Waals surface area contributed by atoms with Crippen molar-refractivity contribution in [2.45, 2.75) is 18.5 Å². The lowest BCUT2D eigenvalue weighted by atomic mass is 9.76. The fourth-order valence-corrected chi connectivity index (χ4v) is 5.74. The van der Waals surface area contributed by atoms with Gasteiger partial charge in [0.15, 0.2) is 0 Å². The highest BCUT2D eigenvalue weighted by molar-refractivity contribution is 6.27. The van der Waals surface area contributed by atoms with Gasteiger partial charge in [0, 0.05) is 10.9 Å². The number of rotatable bonds is 1. The number of nitrogens with two attached hydrogens (primary N) is 1. The van der Waals surface area contributed by atoms with Gasteiger partial charge in [-0.15, -0.1) is 0 Å². The zero-order chi connectivity index (χ0) is 20.6. The van der Waals surface area contributed by atoms with Crippen LogP contribution in [0.3, 0.4) is 0 Å². The van der Waals surface area contributed by atoms with Gasteiger partial charge in [-0.2, -0.15) is 0 Å².